The Morgan fingerprint density at radius 2 is 1.81 bits per heavy atom. The highest BCUT2D eigenvalue weighted by Gasteiger charge is 2.37. The Morgan fingerprint density at radius 1 is 1.03 bits per heavy atom. The van der Waals surface area contributed by atoms with E-state index in [2.05, 4.69) is 15.3 Å². The first-order valence-electron chi connectivity index (χ1n) is 11.5. The van der Waals surface area contributed by atoms with E-state index < -0.39 is 10.0 Å². The number of carbonyl (C=O) groups is 1. The second-order valence-corrected chi connectivity index (χ2v) is 11.9. The lowest BCUT2D eigenvalue weighted by Crippen LogP contribution is -2.34. The highest BCUT2D eigenvalue weighted by Crippen LogP contribution is 2.44. The van der Waals surface area contributed by atoms with Crippen molar-refractivity contribution in [3.05, 3.63) is 94.6 Å². The van der Waals surface area contributed by atoms with Crippen LogP contribution in [-0.4, -0.2) is 30.0 Å². The Balaban J connectivity index is 1.42. The topological polar surface area (TPSA) is 92.3 Å². The zero-order valence-electron chi connectivity index (χ0n) is 20.1. The Kier molecular flexibility index (Phi) is 6.94. The quantitative estimate of drug-likeness (QED) is 0.239. The Labute approximate surface area is 225 Å². The fraction of sp³-hybridized carbons (Fsp3) is 0.148. The molecule has 0 bridgehead atoms. The van der Waals surface area contributed by atoms with Crippen LogP contribution in [-0.2, 0) is 21.4 Å². The number of nitrogens with zero attached hydrogens (tertiary/aromatic N) is 3. The monoisotopic (exact) mass is 550 g/mol. The van der Waals surface area contributed by atoms with Crippen molar-refractivity contribution in [1.82, 2.24) is 9.97 Å². The third-order valence-corrected chi connectivity index (χ3v) is 8.93. The van der Waals surface area contributed by atoms with Crippen molar-refractivity contribution in [1.29, 1.82) is 0 Å². The maximum absolute atomic E-state index is 13.6. The maximum Gasteiger partial charge on any atom is 0.268 e. The molecule has 1 N–H and O–H groups in total. The molecule has 10 heteroatoms. The van der Waals surface area contributed by atoms with Crippen LogP contribution in [0.5, 0.6) is 0 Å². The molecule has 7 nitrogen and oxygen atoms in total. The van der Waals surface area contributed by atoms with Gasteiger partial charge in [0.05, 0.1) is 29.9 Å². The van der Waals surface area contributed by atoms with E-state index in [1.165, 1.54) is 10.5 Å². The van der Waals surface area contributed by atoms with Crippen LogP contribution >= 0.6 is 23.4 Å². The lowest BCUT2D eigenvalue weighted by molar-refractivity contribution is -0.113. The van der Waals surface area contributed by atoms with Gasteiger partial charge in [-0.2, -0.15) is 0 Å². The van der Waals surface area contributed by atoms with Gasteiger partial charge in [0, 0.05) is 16.3 Å². The third-order valence-electron chi connectivity index (χ3n) is 6.08. The molecule has 4 aromatic rings. The number of rotatable bonds is 6. The number of benzene rings is 3. The number of nitrogens with one attached hydrogen (secondary N) is 1. The summed E-state index contributed by atoms with van der Waals surface area (Å²) in [5.41, 5.74) is 5.17. The number of hydrogen-bond donors (Lipinski definition) is 1. The van der Waals surface area contributed by atoms with Gasteiger partial charge < -0.3 is 5.32 Å². The van der Waals surface area contributed by atoms with Crippen LogP contribution in [0.3, 0.4) is 0 Å². The first-order chi connectivity index (χ1) is 17.7. The SMILES string of the molecule is Cc1ccc(NC(=O)CSc2ncc3c(n2)-c2ccc(Cl)cc2N(Cc2ccccc2)S3(=O)=O)cc1C. The van der Waals surface area contributed by atoms with Crippen molar-refractivity contribution < 1.29 is 13.2 Å². The molecular weight excluding hydrogens is 528 g/mol. The van der Waals surface area contributed by atoms with E-state index in [-0.39, 0.29) is 23.1 Å². The van der Waals surface area contributed by atoms with Crippen molar-refractivity contribution in [3.63, 3.8) is 0 Å². The van der Waals surface area contributed by atoms with Gasteiger partial charge in [-0.3, -0.25) is 9.10 Å². The molecule has 1 aliphatic heterocycles. The van der Waals surface area contributed by atoms with E-state index in [0.717, 1.165) is 34.1 Å². The second kappa shape index (κ2) is 10.2. The second-order valence-electron chi connectivity index (χ2n) is 8.66. The molecule has 0 saturated heterocycles. The zero-order chi connectivity index (χ0) is 26.2. The van der Waals surface area contributed by atoms with Crippen molar-refractivity contribution in [2.75, 3.05) is 15.4 Å². The number of aryl methyl sites for hydroxylation is 2. The number of halogens is 1. The van der Waals surface area contributed by atoms with Gasteiger partial charge in [0.1, 0.15) is 4.90 Å². The largest absolute Gasteiger partial charge is 0.325 e. The first kappa shape index (κ1) is 25.3. The molecule has 0 saturated carbocycles. The van der Waals surface area contributed by atoms with E-state index in [9.17, 15) is 13.2 Å². The fourth-order valence-electron chi connectivity index (χ4n) is 4.03. The van der Waals surface area contributed by atoms with Crippen molar-refractivity contribution >= 4 is 50.7 Å². The van der Waals surface area contributed by atoms with E-state index in [1.54, 1.807) is 18.2 Å². The minimum Gasteiger partial charge on any atom is -0.325 e. The molecule has 0 spiro atoms. The molecule has 1 aliphatic rings. The lowest BCUT2D eigenvalue weighted by atomic mass is 10.1. The summed E-state index contributed by atoms with van der Waals surface area (Å²) in [6.07, 6.45) is 1.32. The Hall–Kier alpha value is -3.40. The van der Waals surface area contributed by atoms with Gasteiger partial charge in [-0.15, -0.1) is 0 Å². The first-order valence-corrected chi connectivity index (χ1v) is 14.3. The Morgan fingerprint density at radius 3 is 2.57 bits per heavy atom. The molecule has 2 heterocycles. The molecule has 1 aromatic heterocycles. The molecule has 0 radical (unpaired) electrons. The Bertz CT molecular complexity index is 1610. The molecule has 0 unspecified atom stereocenters. The number of hydrogen-bond acceptors (Lipinski definition) is 6. The number of fused-ring (bicyclic) bond motifs is 3. The lowest BCUT2D eigenvalue weighted by Gasteiger charge is -2.31. The summed E-state index contributed by atoms with van der Waals surface area (Å²) in [4.78, 5) is 21.4. The maximum atomic E-state index is 13.6. The van der Waals surface area contributed by atoms with Crippen LogP contribution in [0.2, 0.25) is 5.02 Å². The minimum absolute atomic E-state index is 0.0159. The highest BCUT2D eigenvalue weighted by atomic mass is 35.5. The molecule has 3 aromatic carbocycles. The summed E-state index contributed by atoms with van der Waals surface area (Å²) in [7, 11) is -3.95. The van der Waals surface area contributed by atoms with E-state index in [0.29, 0.717) is 27.1 Å². The fourth-order valence-corrected chi connectivity index (χ4v) is 6.37. The predicted molar refractivity (Wildman–Crippen MR) is 148 cm³/mol. The number of sulfonamides is 1. The molecule has 5 rings (SSSR count). The zero-order valence-corrected chi connectivity index (χ0v) is 22.5. The summed E-state index contributed by atoms with van der Waals surface area (Å²) in [6, 6.07) is 20.2. The molecule has 37 heavy (non-hydrogen) atoms. The summed E-state index contributed by atoms with van der Waals surface area (Å²) < 4.78 is 28.6. The predicted octanol–water partition coefficient (Wildman–Crippen LogP) is 5.85. The number of thioether (sulfide) groups is 1. The summed E-state index contributed by atoms with van der Waals surface area (Å²) in [6.45, 7) is 4.14. The number of carbonyl (C=O) groups excluding carboxylic acids is 1. The van der Waals surface area contributed by atoms with Crippen LogP contribution < -0.4 is 9.62 Å². The smallest absolute Gasteiger partial charge is 0.268 e. The van der Waals surface area contributed by atoms with E-state index in [1.807, 2.05) is 62.4 Å². The number of amides is 1. The summed E-state index contributed by atoms with van der Waals surface area (Å²) >= 11 is 7.40. The number of aromatic nitrogens is 2. The molecule has 0 aliphatic carbocycles. The van der Waals surface area contributed by atoms with Gasteiger partial charge in [0.15, 0.2) is 5.16 Å². The third kappa shape index (κ3) is 5.20. The van der Waals surface area contributed by atoms with Crippen LogP contribution in [0.15, 0.2) is 83.0 Å². The van der Waals surface area contributed by atoms with E-state index >= 15 is 0 Å². The molecule has 0 fully saturated rings. The average molecular weight is 551 g/mol. The normalized spacial score (nSPS) is 13.5. The standard InChI is InChI=1S/C27H23ClN4O3S2/c1-17-8-10-21(12-18(17)2)30-25(33)16-36-27-29-14-24-26(31-27)22-11-9-20(28)13-23(22)32(37(24,34)35)15-19-6-4-3-5-7-19/h3-14H,15-16H2,1-2H3,(H,30,33). The molecule has 0 atom stereocenters. The van der Waals surface area contributed by atoms with Crippen LogP contribution in [0.1, 0.15) is 16.7 Å². The van der Waals surface area contributed by atoms with Crippen LogP contribution in [0.4, 0.5) is 11.4 Å². The van der Waals surface area contributed by atoms with Gasteiger partial charge in [0.2, 0.25) is 5.91 Å². The van der Waals surface area contributed by atoms with Gasteiger partial charge in [-0.05, 0) is 60.9 Å². The van der Waals surface area contributed by atoms with Gasteiger partial charge >= 0.3 is 0 Å². The van der Waals surface area contributed by atoms with E-state index in [4.69, 9.17) is 11.6 Å². The van der Waals surface area contributed by atoms with Crippen molar-refractivity contribution in [2.24, 2.45) is 0 Å². The summed E-state index contributed by atoms with van der Waals surface area (Å²) in [5, 5.41) is 3.60. The van der Waals surface area contributed by atoms with Gasteiger partial charge in [-0.1, -0.05) is 59.8 Å². The average Bonchev–Trinajstić information content (AvgIpc) is 2.88. The molecule has 1 amide bonds. The minimum atomic E-state index is -3.95. The van der Waals surface area contributed by atoms with Crippen molar-refractivity contribution in [2.45, 2.75) is 30.4 Å². The van der Waals surface area contributed by atoms with Crippen LogP contribution in [0, 0.1) is 13.8 Å². The summed E-state index contributed by atoms with van der Waals surface area (Å²) in [5.74, 6) is -0.130. The molecule has 188 valence electrons. The van der Waals surface area contributed by atoms with Crippen LogP contribution in [0.25, 0.3) is 11.3 Å². The number of anilines is 2. The van der Waals surface area contributed by atoms with Gasteiger partial charge in [0.25, 0.3) is 10.0 Å². The highest BCUT2D eigenvalue weighted by molar-refractivity contribution is 7.99. The van der Waals surface area contributed by atoms with Gasteiger partial charge in [-0.25, -0.2) is 18.4 Å². The van der Waals surface area contributed by atoms with Crippen molar-refractivity contribution in [3.8, 4) is 11.3 Å². The molecular formula is C27H23ClN4O3S2.